The Morgan fingerprint density at radius 2 is 2.21 bits per heavy atom. The molecule has 1 rings (SSSR count). The van der Waals surface area contributed by atoms with Crippen molar-refractivity contribution in [2.24, 2.45) is 0 Å². The molecule has 0 aliphatic carbocycles. The van der Waals surface area contributed by atoms with Gasteiger partial charge < -0.3 is 5.32 Å². The summed E-state index contributed by atoms with van der Waals surface area (Å²) in [5.41, 5.74) is 0.738. The minimum absolute atomic E-state index is 0.0262. The molecular formula is C13H17BrN2O3. The second-order valence-corrected chi connectivity index (χ2v) is 5.95. The molecule has 1 unspecified atom stereocenters. The Hall–Kier alpha value is -1.43. The number of nitrogens with zero attached hydrogens (tertiary/aromatic N) is 1. The van der Waals surface area contributed by atoms with E-state index >= 15 is 0 Å². The first-order valence-electron chi connectivity index (χ1n) is 6.09. The van der Waals surface area contributed by atoms with E-state index < -0.39 is 4.92 Å². The van der Waals surface area contributed by atoms with Crippen molar-refractivity contribution in [3.05, 3.63) is 39.4 Å². The summed E-state index contributed by atoms with van der Waals surface area (Å²) in [5, 5.41) is 13.6. The summed E-state index contributed by atoms with van der Waals surface area (Å²) in [4.78, 5) is 22.7. The van der Waals surface area contributed by atoms with Gasteiger partial charge in [0.05, 0.1) is 4.92 Å². The number of alkyl halides is 1. The molecule has 104 valence electrons. The quantitative estimate of drug-likeness (QED) is 0.377. The van der Waals surface area contributed by atoms with Crippen LogP contribution in [-0.2, 0) is 0 Å². The molecule has 0 saturated heterocycles. The lowest BCUT2D eigenvalue weighted by Crippen LogP contribution is -2.25. The number of nitro groups is 1. The zero-order valence-corrected chi connectivity index (χ0v) is 12.6. The van der Waals surface area contributed by atoms with Crippen LogP contribution in [0.2, 0.25) is 0 Å². The third kappa shape index (κ3) is 4.63. The van der Waals surface area contributed by atoms with Crippen molar-refractivity contribution in [2.75, 3.05) is 6.54 Å². The molecule has 0 aliphatic rings. The monoisotopic (exact) mass is 328 g/mol. The third-order valence-corrected chi connectivity index (χ3v) is 3.27. The van der Waals surface area contributed by atoms with E-state index in [1.165, 1.54) is 12.1 Å². The van der Waals surface area contributed by atoms with Gasteiger partial charge in [-0.25, -0.2) is 0 Å². The number of benzene rings is 1. The van der Waals surface area contributed by atoms with Crippen LogP contribution in [0.3, 0.4) is 0 Å². The molecule has 6 heteroatoms. The summed E-state index contributed by atoms with van der Waals surface area (Å²) >= 11 is 3.44. The van der Waals surface area contributed by atoms with Crippen molar-refractivity contribution in [1.29, 1.82) is 0 Å². The van der Waals surface area contributed by atoms with Crippen LogP contribution in [0.25, 0.3) is 0 Å². The van der Waals surface area contributed by atoms with Crippen molar-refractivity contribution in [1.82, 2.24) is 5.32 Å². The predicted molar refractivity (Wildman–Crippen MR) is 77.8 cm³/mol. The number of nitro benzene ring substituents is 1. The summed E-state index contributed by atoms with van der Waals surface area (Å²) in [6, 6.07) is 4.53. The van der Waals surface area contributed by atoms with Gasteiger partial charge >= 0.3 is 0 Å². The van der Waals surface area contributed by atoms with E-state index in [0.29, 0.717) is 22.5 Å². The van der Waals surface area contributed by atoms with E-state index in [1.54, 1.807) is 13.0 Å². The van der Waals surface area contributed by atoms with E-state index in [0.717, 1.165) is 12.8 Å². The molecule has 0 saturated carbocycles. The number of halogens is 1. The number of carbonyl (C=O) groups is 1. The first-order valence-corrected chi connectivity index (χ1v) is 7.01. The Morgan fingerprint density at radius 1 is 1.53 bits per heavy atom. The van der Waals surface area contributed by atoms with Gasteiger partial charge in [-0.3, -0.25) is 14.9 Å². The molecule has 1 aromatic rings. The van der Waals surface area contributed by atoms with Crippen LogP contribution in [0.4, 0.5) is 5.69 Å². The van der Waals surface area contributed by atoms with Crippen molar-refractivity contribution in [3.8, 4) is 0 Å². The average Bonchev–Trinajstić information content (AvgIpc) is 2.34. The summed E-state index contributed by atoms with van der Waals surface area (Å²) < 4.78 is 0. The van der Waals surface area contributed by atoms with Crippen LogP contribution >= 0.6 is 15.9 Å². The van der Waals surface area contributed by atoms with Gasteiger partial charge in [-0.1, -0.05) is 28.9 Å². The maximum absolute atomic E-state index is 11.9. The number of carbonyl (C=O) groups excluding carboxylic acids is 1. The van der Waals surface area contributed by atoms with Crippen LogP contribution < -0.4 is 5.32 Å². The van der Waals surface area contributed by atoms with E-state index in [2.05, 4.69) is 21.2 Å². The van der Waals surface area contributed by atoms with Crippen LogP contribution in [-0.4, -0.2) is 22.2 Å². The summed E-state index contributed by atoms with van der Waals surface area (Å²) in [6.45, 7) is 4.21. The molecule has 1 amide bonds. The second kappa shape index (κ2) is 7.23. The van der Waals surface area contributed by atoms with Crippen molar-refractivity contribution in [3.63, 3.8) is 0 Å². The Kier molecular flexibility index (Phi) is 5.95. The maximum Gasteiger partial charge on any atom is 0.273 e. The lowest BCUT2D eigenvalue weighted by atomic mass is 10.1. The summed E-state index contributed by atoms with van der Waals surface area (Å²) in [6.07, 6.45) is 1.83. The third-order valence-electron chi connectivity index (χ3n) is 2.81. The molecule has 0 spiro atoms. The molecule has 0 bridgehead atoms. The average molecular weight is 329 g/mol. The van der Waals surface area contributed by atoms with Gasteiger partial charge in [0.15, 0.2) is 0 Å². The minimum Gasteiger partial charge on any atom is -0.352 e. The lowest BCUT2D eigenvalue weighted by molar-refractivity contribution is -0.385. The number of amides is 1. The van der Waals surface area contributed by atoms with Crippen molar-refractivity contribution in [2.45, 2.75) is 31.5 Å². The maximum atomic E-state index is 11.9. The lowest BCUT2D eigenvalue weighted by Gasteiger charge is -2.08. The molecule has 1 aromatic carbocycles. The number of nitrogens with one attached hydrogen (secondary N) is 1. The fraction of sp³-hybridized carbons (Fsp3) is 0.462. The highest BCUT2D eigenvalue weighted by Crippen LogP contribution is 2.20. The fourth-order valence-electron chi connectivity index (χ4n) is 1.75. The highest BCUT2D eigenvalue weighted by Gasteiger charge is 2.17. The SMILES string of the molecule is Cc1c(C(=O)NCCCC(C)Br)cccc1[N+](=O)[O-]. The molecule has 0 aliphatic heterocycles. The smallest absolute Gasteiger partial charge is 0.273 e. The Balaban J connectivity index is 2.67. The molecule has 0 radical (unpaired) electrons. The molecular weight excluding hydrogens is 312 g/mol. The van der Waals surface area contributed by atoms with Gasteiger partial charge in [0, 0.05) is 28.6 Å². The number of rotatable bonds is 6. The van der Waals surface area contributed by atoms with Crippen LogP contribution in [0.5, 0.6) is 0 Å². The Morgan fingerprint density at radius 3 is 2.79 bits per heavy atom. The van der Waals surface area contributed by atoms with E-state index in [-0.39, 0.29) is 11.6 Å². The van der Waals surface area contributed by atoms with Gasteiger partial charge in [0.2, 0.25) is 0 Å². The standard InChI is InChI=1S/C13H17BrN2O3/c1-9(14)5-4-8-15-13(17)11-6-3-7-12(10(11)2)16(18)19/h3,6-7,9H,4-5,8H2,1-2H3,(H,15,17). The Labute approximate surface area is 120 Å². The Bertz CT molecular complexity index is 475. The van der Waals surface area contributed by atoms with Gasteiger partial charge in [0.25, 0.3) is 11.6 Å². The molecule has 5 nitrogen and oxygen atoms in total. The predicted octanol–water partition coefficient (Wildman–Crippen LogP) is 3.20. The zero-order chi connectivity index (χ0) is 14.4. The number of hydrogen-bond donors (Lipinski definition) is 1. The van der Waals surface area contributed by atoms with Crippen LogP contribution in [0.1, 0.15) is 35.7 Å². The number of hydrogen-bond acceptors (Lipinski definition) is 3. The van der Waals surface area contributed by atoms with Gasteiger partial charge in [-0.2, -0.15) is 0 Å². The highest BCUT2D eigenvalue weighted by molar-refractivity contribution is 9.09. The molecule has 0 aromatic heterocycles. The largest absolute Gasteiger partial charge is 0.352 e. The molecule has 1 atom stereocenters. The molecule has 0 fully saturated rings. The van der Waals surface area contributed by atoms with E-state index in [1.807, 2.05) is 6.92 Å². The molecule has 0 heterocycles. The first kappa shape index (κ1) is 15.6. The summed E-state index contributed by atoms with van der Waals surface area (Å²) in [7, 11) is 0. The van der Waals surface area contributed by atoms with E-state index in [4.69, 9.17) is 0 Å². The fourth-order valence-corrected chi connectivity index (χ4v) is 2.07. The normalized spacial score (nSPS) is 11.9. The highest BCUT2D eigenvalue weighted by atomic mass is 79.9. The summed E-state index contributed by atoms with van der Waals surface area (Å²) in [5.74, 6) is -0.261. The van der Waals surface area contributed by atoms with E-state index in [9.17, 15) is 14.9 Å². The van der Waals surface area contributed by atoms with Crippen molar-refractivity contribution >= 4 is 27.5 Å². The first-order chi connectivity index (χ1) is 8.93. The molecule has 1 N–H and O–H groups in total. The molecule has 19 heavy (non-hydrogen) atoms. The second-order valence-electron chi connectivity index (χ2n) is 4.39. The van der Waals surface area contributed by atoms with Gasteiger partial charge in [-0.15, -0.1) is 0 Å². The van der Waals surface area contributed by atoms with Crippen LogP contribution in [0.15, 0.2) is 18.2 Å². The van der Waals surface area contributed by atoms with Crippen molar-refractivity contribution < 1.29 is 9.72 Å². The zero-order valence-electron chi connectivity index (χ0n) is 11.0. The van der Waals surface area contributed by atoms with Crippen LogP contribution in [0, 0.1) is 17.0 Å². The topological polar surface area (TPSA) is 72.2 Å². The van der Waals surface area contributed by atoms with Gasteiger partial charge in [0.1, 0.15) is 0 Å². The van der Waals surface area contributed by atoms with Gasteiger partial charge in [-0.05, 0) is 25.8 Å². The minimum atomic E-state index is -0.474.